The molecule has 2 amide bonds. The van der Waals surface area contributed by atoms with Crippen molar-refractivity contribution in [2.45, 2.75) is 39.3 Å². The van der Waals surface area contributed by atoms with E-state index in [-0.39, 0.29) is 18.1 Å². The van der Waals surface area contributed by atoms with Gasteiger partial charge in [-0.25, -0.2) is 8.42 Å². The van der Waals surface area contributed by atoms with Crippen molar-refractivity contribution in [2.24, 2.45) is 0 Å². The van der Waals surface area contributed by atoms with Crippen molar-refractivity contribution in [1.29, 1.82) is 0 Å². The first-order valence-electron chi connectivity index (χ1n) is 10.6. The van der Waals surface area contributed by atoms with E-state index in [1.54, 1.807) is 49.4 Å². The maximum Gasteiger partial charge on any atom is 0.244 e. The number of hydrogen-bond donors (Lipinski definition) is 1. The van der Waals surface area contributed by atoms with E-state index in [9.17, 15) is 18.0 Å². The number of unbranched alkanes of at least 4 members (excludes halogenated alkanes) is 1. The number of sulfonamides is 1. The molecule has 0 aliphatic heterocycles. The Bertz CT molecular complexity index is 1060. The number of rotatable bonds is 11. The molecule has 2 rings (SSSR count). The maximum atomic E-state index is 13.4. The molecular weight excluding hydrogens is 485 g/mol. The Morgan fingerprint density at radius 1 is 1.06 bits per heavy atom. The van der Waals surface area contributed by atoms with E-state index in [0.717, 1.165) is 29.0 Å². The fourth-order valence-corrected chi connectivity index (χ4v) is 4.30. The van der Waals surface area contributed by atoms with Gasteiger partial charge in [-0.3, -0.25) is 13.9 Å². The van der Waals surface area contributed by atoms with Gasteiger partial charge in [-0.15, -0.1) is 0 Å². The summed E-state index contributed by atoms with van der Waals surface area (Å²) in [5.41, 5.74) is 1.03. The Labute approximate surface area is 205 Å². The van der Waals surface area contributed by atoms with E-state index in [0.29, 0.717) is 16.6 Å². The summed E-state index contributed by atoms with van der Waals surface area (Å²) in [4.78, 5) is 27.5. The molecule has 0 saturated carbocycles. The second-order valence-corrected chi connectivity index (χ2v) is 10.5. The van der Waals surface area contributed by atoms with Gasteiger partial charge in [-0.2, -0.15) is 0 Å². The lowest BCUT2D eigenvalue weighted by Crippen LogP contribution is -2.51. The number of carbonyl (C=O) groups is 2. The van der Waals surface area contributed by atoms with Crippen LogP contribution in [0.1, 0.15) is 32.3 Å². The zero-order chi connectivity index (χ0) is 24.6. The molecule has 0 aromatic heterocycles. The number of halogens is 2. The van der Waals surface area contributed by atoms with E-state index in [1.807, 2.05) is 6.92 Å². The Balaban J connectivity index is 2.33. The predicted octanol–water partition coefficient (Wildman–Crippen LogP) is 4.09. The molecule has 0 saturated heterocycles. The Hall–Kier alpha value is -2.29. The van der Waals surface area contributed by atoms with Crippen molar-refractivity contribution in [1.82, 2.24) is 10.2 Å². The van der Waals surface area contributed by atoms with Crippen LogP contribution in [-0.4, -0.2) is 50.5 Å². The van der Waals surface area contributed by atoms with Crippen molar-refractivity contribution in [3.63, 3.8) is 0 Å². The van der Waals surface area contributed by atoms with Crippen LogP contribution in [0.2, 0.25) is 10.0 Å². The fraction of sp³-hybridized carbons (Fsp3) is 0.391. The Morgan fingerprint density at radius 3 is 2.30 bits per heavy atom. The van der Waals surface area contributed by atoms with Gasteiger partial charge in [-0.1, -0.05) is 54.7 Å². The lowest BCUT2D eigenvalue weighted by Gasteiger charge is -2.31. The highest BCUT2D eigenvalue weighted by molar-refractivity contribution is 7.92. The summed E-state index contributed by atoms with van der Waals surface area (Å²) in [7, 11) is -3.80. The topological polar surface area (TPSA) is 86.8 Å². The number of benzene rings is 2. The maximum absolute atomic E-state index is 13.4. The van der Waals surface area contributed by atoms with E-state index in [1.165, 1.54) is 11.0 Å². The monoisotopic (exact) mass is 513 g/mol. The third-order valence-corrected chi connectivity index (χ3v) is 6.67. The molecule has 2 aromatic carbocycles. The first-order chi connectivity index (χ1) is 15.5. The molecule has 1 N–H and O–H groups in total. The number of nitrogens with one attached hydrogen (secondary N) is 1. The van der Waals surface area contributed by atoms with Crippen LogP contribution in [0.5, 0.6) is 0 Å². The SMILES string of the molecule is CCCCNC(=O)C(C)N(Cc1ccc(Cl)cc1)C(=O)CN(c1cccc(Cl)c1)S(C)(=O)=O. The normalized spacial score (nSPS) is 12.2. The van der Waals surface area contributed by atoms with Crippen molar-refractivity contribution >= 4 is 50.7 Å². The molecule has 0 aliphatic carbocycles. The van der Waals surface area contributed by atoms with E-state index in [4.69, 9.17) is 23.2 Å². The van der Waals surface area contributed by atoms with Crippen LogP contribution in [0.4, 0.5) is 5.69 Å². The van der Waals surface area contributed by atoms with Gasteiger partial charge in [0, 0.05) is 23.1 Å². The molecule has 0 radical (unpaired) electrons. The third-order valence-electron chi connectivity index (χ3n) is 5.04. The van der Waals surface area contributed by atoms with Crippen molar-refractivity contribution in [3.05, 3.63) is 64.1 Å². The number of anilines is 1. The predicted molar refractivity (Wildman–Crippen MR) is 133 cm³/mol. The summed E-state index contributed by atoms with van der Waals surface area (Å²) >= 11 is 12.0. The first kappa shape index (κ1) is 27.0. The molecule has 1 atom stereocenters. The zero-order valence-corrected chi connectivity index (χ0v) is 21.3. The smallest absolute Gasteiger partial charge is 0.244 e. The quantitative estimate of drug-likeness (QED) is 0.458. The Kier molecular flexibility index (Phi) is 10.0. The van der Waals surface area contributed by atoms with Crippen LogP contribution in [0.15, 0.2) is 48.5 Å². The van der Waals surface area contributed by atoms with Crippen LogP contribution < -0.4 is 9.62 Å². The second kappa shape index (κ2) is 12.3. The largest absolute Gasteiger partial charge is 0.354 e. The third kappa shape index (κ3) is 8.21. The molecule has 2 aromatic rings. The highest BCUT2D eigenvalue weighted by Crippen LogP contribution is 2.22. The number of amides is 2. The van der Waals surface area contributed by atoms with Crippen LogP contribution in [0.3, 0.4) is 0 Å². The van der Waals surface area contributed by atoms with Gasteiger partial charge >= 0.3 is 0 Å². The highest BCUT2D eigenvalue weighted by atomic mass is 35.5. The highest BCUT2D eigenvalue weighted by Gasteiger charge is 2.30. The average molecular weight is 514 g/mol. The second-order valence-electron chi connectivity index (χ2n) is 7.72. The minimum atomic E-state index is -3.80. The zero-order valence-electron chi connectivity index (χ0n) is 18.9. The van der Waals surface area contributed by atoms with E-state index in [2.05, 4.69) is 5.32 Å². The minimum absolute atomic E-state index is 0.117. The van der Waals surface area contributed by atoms with Crippen LogP contribution >= 0.6 is 23.2 Å². The molecule has 1 unspecified atom stereocenters. The van der Waals surface area contributed by atoms with Gasteiger partial charge in [0.1, 0.15) is 12.6 Å². The molecule has 0 aliphatic rings. The summed E-state index contributed by atoms with van der Waals surface area (Å²) in [6.07, 6.45) is 2.76. The van der Waals surface area contributed by atoms with Crippen LogP contribution in [-0.2, 0) is 26.2 Å². The average Bonchev–Trinajstić information content (AvgIpc) is 2.75. The van der Waals surface area contributed by atoms with Gasteiger partial charge in [0.05, 0.1) is 11.9 Å². The minimum Gasteiger partial charge on any atom is -0.354 e. The van der Waals surface area contributed by atoms with Crippen molar-refractivity contribution in [3.8, 4) is 0 Å². The van der Waals surface area contributed by atoms with Crippen LogP contribution in [0.25, 0.3) is 0 Å². The van der Waals surface area contributed by atoms with E-state index < -0.39 is 28.5 Å². The van der Waals surface area contributed by atoms with Gasteiger partial charge < -0.3 is 10.2 Å². The fourth-order valence-electron chi connectivity index (χ4n) is 3.15. The van der Waals surface area contributed by atoms with E-state index >= 15 is 0 Å². The first-order valence-corrected chi connectivity index (χ1v) is 13.2. The lowest BCUT2D eigenvalue weighted by molar-refractivity contribution is -0.139. The van der Waals surface area contributed by atoms with Crippen molar-refractivity contribution in [2.75, 3.05) is 23.7 Å². The molecule has 180 valence electrons. The molecule has 10 heteroatoms. The molecular formula is C23H29Cl2N3O4S. The number of hydrogen-bond acceptors (Lipinski definition) is 4. The summed E-state index contributed by atoms with van der Waals surface area (Å²) in [5, 5.41) is 3.72. The summed E-state index contributed by atoms with van der Waals surface area (Å²) in [6, 6.07) is 12.3. The summed E-state index contributed by atoms with van der Waals surface area (Å²) in [6.45, 7) is 3.78. The molecule has 0 spiro atoms. The molecule has 0 fully saturated rings. The summed E-state index contributed by atoms with van der Waals surface area (Å²) in [5.74, 6) is -0.826. The van der Waals surface area contributed by atoms with Gasteiger partial charge in [0.2, 0.25) is 21.8 Å². The van der Waals surface area contributed by atoms with Gasteiger partial charge in [-0.05, 0) is 49.2 Å². The van der Waals surface area contributed by atoms with Crippen LogP contribution in [0, 0.1) is 0 Å². The number of nitrogens with zero attached hydrogens (tertiary/aromatic N) is 2. The molecule has 0 heterocycles. The molecule has 0 bridgehead atoms. The summed E-state index contributed by atoms with van der Waals surface area (Å²) < 4.78 is 26.0. The molecule has 33 heavy (non-hydrogen) atoms. The standard InChI is InChI=1S/C23H29Cl2N3O4S/c1-4-5-13-26-23(30)17(2)27(15-18-9-11-19(24)12-10-18)22(29)16-28(33(3,31)32)21-8-6-7-20(25)14-21/h6-12,14,17H,4-5,13,15-16H2,1-3H3,(H,26,30). The number of carbonyl (C=O) groups excluding carboxylic acids is 2. The van der Waals surface area contributed by atoms with Gasteiger partial charge in [0.25, 0.3) is 0 Å². The lowest BCUT2D eigenvalue weighted by atomic mass is 10.1. The Morgan fingerprint density at radius 2 is 1.73 bits per heavy atom. The van der Waals surface area contributed by atoms with Gasteiger partial charge in [0.15, 0.2) is 0 Å². The van der Waals surface area contributed by atoms with Crippen molar-refractivity contribution < 1.29 is 18.0 Å². The molecule has 7 nitrogen and oxygen atoms in total.